The van der Waals surface area contributed by atoms with Crippen molar-refractivity contribution in [3.63, 3.8) is 0 Å². The van der Waals surface area contributed by atoms with Crippen LogP contribution in [-0.2, 0) is 22.8 Å². The number of halogens is 1. The molecule has 0 aromatic heterocycles. The summed E-state index contributed by atoms with van der Waals surface area (Å²) in [6.07, 6.45) is 1.68. The van der Waals surface area contributed by atoms with Gasteiger partial charge in [-0.05, 0) is 22.8 Å². The Hall–Kier alpha value is -0.440. The SMILES string of the molecule is C=CC[S+]([O-])Cc1ccc(CCl)cc1. The van der Waals surface area contributed by atoms with Crippen molar-refractivity contribution in [3.8, 4) is 0 Å². The van der Waals surface area contributed by atoms with Crippen LogP contribution in [0.4, 0.5) is 0 Å². The molecule has 0 saturated heterocycles. The first-order chi connectivity index (χ1) is 6.76. The molecule has 0 fully saturated rings. The standard InChI is InChI=1S/C11H13ClOS/c1-2-7-14(13)9-11-5-3-10(8-12)4-6-11/h2-6H,1,7-9H2. The average Bonchev–Trinajstić information content (AvgIpc) is 2.19. The van der Waals surface area contributed by atoms with Gasteiger partial charge in [-0.25, -0.2) is 0 Å². The second-order valence-electron chi connectivity index (χ2n) is 2.99. The molecule has 76 valence electrons. The second kappa shape index (κ2) is 6.12. The minimum atomic E-state index is -0.831. The highest BCUT2D eigenvalue weighted by Crippen LogP contribution is 2.10. The Bertz CT molecular complexity index is 284. The van der Waals surface area contributed by atoms with Gasteiger partial charge in [-0.1, -0.05) is 30.8 Å². The topological polar surface area (TPSA) is 23.1 Å². The molecule has 1 rings (SSSR count). The molecular weight excluding hydrogens is 216 g/mol. The highest BCUT2D eigenvalue weighted by molar-refractivity contribution is 7.90. The Labute approximate surface area is 93.0 Å². The van der Waals surface area contributed by atoms with Crippen LogP contribution in [0, 0.1) is 0 Å². The third kappa shape index (κ3) is 3.74. The summed E-state index contributed by atoms with van der Waals surface area (Å²) < 4.78 is 11.4. The fraction of sp³-hybridized carbons (Fsp3) is 0.273. The van der Waals surface area contributed by atoms with Crippen molar-refractivity contribution in [1.29, 1.82) is 0 Å². The molecule has 3 heteroatoms. The zero-order valence-corrected chi connectivity index (χ0v) is 9.48. The molecule has 0 amide bonds. The van der Waals surface area contributed by atoms with E-state index >= 15 is 0 Å². The summed E-state index contributed by atoms with van der Waals surface area (Å²) in [5.74, 6) is 1.67. The van der Waals surface area contributed by atoms with E-state index in [1.54, 1.807) is 6.08 Å². The van der Waals surface area contributed by atoms with Crippen molar-refractivity contribution in [2.45, 2.75) is 11.6 Å². The molecule has 0 bridgehead atoms. The molecule has 0 heterocycles. The molecule has 0 spiro atoms. The Balaban J connectivity index is 2.54. The zero-order chi connectivity index (χ0) is 10.4. The lowest BCUT2D eigenvalue weighted by Crippen LogP contribution is -2.07. The Kier molecular flexibility index (Phi) is 5.09. The van der Waals surface area contributed by atoms with Gasteiger partial charge in [0.2, 0.25) is 0 Å². The quantitative estimate of drug-likeness (QED) is 0.432. The summed E-state index contributed by atoms with van der Waals surface area (Å²) in [5, 5.41) is 0. The van der Waals surface area contributed by atoms with E-state index in [0.717, 1.165) is 11.1 Å². The van der Waals surface area contributed by atoms with Crippen LogP contribution >= 0.6 is 11.6 Å². The van der Waals surface area contributed by atoms with E-state index in [9.17, 15) is 4.55 Å². The van der Waals surface area contributed by atoms with Crippen LogP contribution in [0.3, 0.4) is 0 Å². The van der Waals surface area contributed by atoms with Crippen LogP contribution in [0.2, 0.25) is 0 Å². The van der Waals surface area contributed by atoms with Crippen molar-refractivity contribution in [2.24, 2.45) is 0 Å². The minimum absolute atomic E-state index is 0.524. The van der Waals surface area contributed by atoms with Gasteiger partial charge in [0, 0.05) is 11.4 Å². The molecular formula is C11H13ClOS. The van der Waals surface area contributed by atoms with Gasteiger partial charge < -0.3 is 4.55 Å². The molecule has 1 unspecified atom stereocenters. The summed E-state index contributed by atoms with van der Waals surface area (Å²) in [4.78, 5) is 0. The van der Waals surface area contributed by atoms with Gasteiger partial charge in [-0.2, -0.15) is 0 Å². The number of hydrogen-bond donors (Lipinski definition) is 0. The van der Waals surface area contributed by atoms with Gasteiger partial charge in [0.25, 0.3) is 0 Å². The average molecular weight is 229 g/mol. The summed E-state index contributed by atoms with van der Waals surface area (Å²) in [6.45, 7) is 3.56. The van der Waals surface area contributed by atoms with E-state index in [1.165, 1.54) is 0 Å². The number of hydrogen-bond acceptors (Lipinski definition) is 1. The van der Waals surface area contributed by atoms with E-state index in [-0.39, 0.29) is 0 Å². The monoisotopic (exact) mass is 228 g/mol. The van der Waals surface area contributed by atoms with Crippen molar-refractivity contribution in [2.75, 3.05) is 5.75 Å². The highest BCUT2D eigenvalue weighted by atomic mass is 35.5. The molecule has 0 radical (unpaired) electrons. The molecule has 0 N–H and O–H groups in total. The van der Waals surface area contributed by atoms with E-state index in [4.69, 9.17) is 11.6 Å². The van der Waals surface area contributed by atoms with Crippen LogP contribution in [0.15, 0.2) is 36.9 Å². The van der Waals surface area contributed by atoms with E-state index in [2.05, 4.69) is 6.58 Å². The lowest BCUT2D eigenvalue weighted by atomic mass is 10.2. The van der Waals surface area contributed by atoms with Gasteiger partial charge in [0.1, 0.15) is 11.5 Å². The van der Waals surface area contributed by atoms with Gasteiger partial charge in [-0.3, -0.25) is 0 Å². The van der Waals surface area contributed by atoms with Crippen LogP contribution in [0.25, 0.3) is 0 Å². The lowest BCUT2D eigenvalue weighted by Gasteiger charge is -2.08. The normalized spacial score (nSPS) is 12.4. The van der Waals surface area contributed by atoms with Crippen molar-refractivity contribution in [3.05, 3.63) is 48.0 Å². The van der Waals surface area contributed by atoms with Crippen molar-refractivity contribution >= 4 is 22.8 Å². The minimum Gasteiger partial charge on any atom is -0.616 e. The van der Waals surface area contributed by atoms with Gasteiger partial charge in [0.05, 0.1) is 0 Å². The largest absolute Gasteiger partial charge is 0.616 e. The maximum atomic E-state index is 11.4. The molecule has 0 aliphatic heterocycles. The Morgan fingerprint density at radius 2 is 1.86 bits per heavy atom. The third-order valence-corrected chi connectivity index (χ3v) is 3.38. The van der Waals surface area contributed by atoms with Gasteiger partial charge in [-0.15, -0.1) is 11.6 Å². The summed E-state index contributed by atoms with van der Waals surface area (Å²) in [6, 6.07) is 7.87. The first kappa shape index (κ1) is 11.6. The molecule has 0 aliphatic rings. The number of benzene rings is 1. The number of alkyl halides is 1. The molecule has 1 aromatic carbocycles. The second-order valence-corrected chi connectivity index (χ2v) is 4.76. The predicted octanol–water partition coefficient (Wildman–Crippen LogP) is 2.86. The first-order valence-electron chi connectivity index (χ1n) is 4.36. The Morgan fingerprint density at radius 3 is 2.36 bits per heavy atom. The smallest absolute Gasteiger partial charge is 0.130 e. The fourth-order valence-electron chi connectivity index (χ4n) is 1.10. The molecule has 1 aromatic rings. The zero-order valence-electron chi connectivity index (χ0n) is 7.91. The van der Waals surface area contributed by atoms with E-state index < -0.39 is 11.2 Å². The maximum absolute atomic E-state index is 11.4. The lowest BCUT2D eigenvalue weighted by molar-refractivity contribution is 0.597. The van der Waals surface area contributed by atoms with Gasteiger partial charge in [0.15, 0.2) is 0 Å². The highest BCUT2D eigenvalue weighted by Gasteiger charge is 2.04. The number of rotatable bonds is 5. The maximum Gasteiger partial charge on any atom is 0.130 e. The van der Waals surface area contributed by atoms with E-state index in [1.807, 2.05) is 24.3 Å². The van der Waals surface area contributed by atoms with E-state index in [0.29, 0.717) is 17.4 Å². The predicted molar refractivity (Wildman–Crippen MR) is 62.9 cm³/mol. The summed E-state index contributed by atoms with van der Waals surface area (Å²) in [7, 11) is 0. The third-order valence-electron chi connectivity index (χ3n) is 1.81. The van der Waals surface area contributed by atoms with Crippen LogP contribution in [-0.4, -0.2) is 10.3 Å². The molecule has 1 nitrogen and oxygen atoms in total. The van der Waals surface area contributed by atoms with Gasteiger partial charge >= 0.3 is 0 Å². The summed E-state index contributed by atoms with van der Waals surface area (Å²) in [5.41, 5.74) is 2.17. The fourth-order valence-corrected chi connectivity index (χ4v) is 2.22. The van der Waals surface area contributed by atoms with Crippen molar-refractivity contribution < 1.29 is 4.55 Å². The van der Waals surface area contributed by atoms with Crippen LogP contribution in [0.5, 0.6) is 0 Å². The Morgan fingerprint density at radius 1 is 1.29 bits per heavy atom. The van der Waals surface area contributed by atoms with Crippen molar-refractivity contribution in [1.82, 2.24) is 0 Å². The molecule has 14 heavy (non-hydrogen) atoms. The molecule has 0 aliphatic carbocycles. The first-order valence-corrected chi connectivity index (χ1v) is 6.38. The summed E-state index contributed by atoms with van der Waals surface area (Å²) >= 11 is 4.83. The van der Waals surface area contributed by atoms with Crippen LogP contribution < -0.4 is 0 Å². The van der Waals surface area contributed by atoms with Crippen LogP contribution in [0.1, 0.15) is 11.1 Å². The molecule has 0 saturated carbocycles. The molecule has 1 atom stereocenters.